The van der Waals surface area contributed by atoms with Gasteiger partial charge in [0.25, 0.3) is 0 Å². The Hall–Kier alpha value is -6.31. The molecule has 0 atom stereocenters. The molecule has 0 unspecified atom stereocenters. The largest absolute Gasteiger partial charge is 0.664 e. The van der Waals surface area contributed by atoms with Crippen molar-refractivity contribution in [2.75, 3.05) is 6.67 Å². The van der Waals surface area contributed by atoms with E-state index in [-0.39, 0.29) is 0 Å². The maximum absolute atomic E-state index is 4.90. The molecule has 5 aromatic carbocycles. The van der Waals surface area contributed by atoms with Crippen LogP contribution in [0.2, 0.25) is 0 Å². The second-order valence-corrected chi connectivity index (χ2v) is 12.7. The Labute approximate surface area is 287 Å². The van der Waals surface area contributed by atoms with E-state index in [4.69, 9.17) is 30.2 Å². The zero-order valence-electron chi connectivity index (χ0n) is 26.2. The molecule has 0 radical (unpaired) electrons. The van der Waals surface area contributed by atoms with Crippen LogP contribution < -0.4 is 0 Å². The predicted octanol–water partition coefficient (Wildman–Crippen LogP) is 10.6. The number of aliphatic imine (C=N–C) groups is 1. The lowest BCUT2D eigenvalue weighted by molar-refractivity contribution is 1.07. The summed E-state index contributed by atoms with van der Waals surface area (Å²) >= 11 is 1.65. The first kappa shape index (κ1) is 28.9. The van der Waals surface area contributed by atoms with Crippen LogP contribution in [0.25, 0.3) is 72.0 Å². The van der Waals surface area contributed by atoms with Gasteiger partial charge in [0.05, 0.1) is 5.71 Å². The summed E-state index contributed by atoms with van der Waals surface area (Å²) in [6, 6.07) is 49.6. The average molecular weight is 648 g/mol. The maximum Gasteiger partial charge on any atom is 0.164 e. The van der Waals surface area contributed by atoms with E-state index in [9.17, 15) is 0 Å². The molecule has 0 spiro atoms. The van der Waals surface area contributed by atoms with Crippen molar-refractivity contribution in [1.82, 2.24) is 19.9 Å². The van der Waals surface area contributed by atoms with E-state index in [2.05, 4.69) is 78.9 Å². The van der Waals surface area contributed by atoms with E-state index in [0.717, 1.165) is 59.9 Å². The monoisotopic (exact) mass is 647 g/mol. The minimum Gasteiger partial charge on any atom is -0.664 e. The molecule has 7 heteroatoms. The van der Waals surface area contributed by atoms with Crippen LogP contribution in [0.1, 0.15) is 10.4 Å². The summed E-state index contributed by atoms with van der Waals surface area (Å²) in [4.78, 5) is 26.4. The topological polar surface area (TPSA) is 78.0 Å². The van der Waals surface area contributed by atoms with Crippen molar-refractivity contribution in [3.05, 3.63) is 168 Å². The molecule has 0 bridgehead atoms. The molecular weight excluding hydrogens is 621 g/mol. The van der Waals surface area contributed by atoms with E-state index < -0.39 is 0 Å². The minimum absolute atomic E-state index is 0.393. The highest BCUT2D eigenvalue weighted by atomic mass is 32.1. The van der Waals surface area contributed by atoms with E-state index in [0.29, 0.717) is 24.1 Å². The summed E-state index contributed by atoms with van der Waals surface area (Å²) in [5.74, 6) is 1.91. The Morgan fingerprint density at radius 2 is 0.980 bits per heavy atom. The Bertz CT molecular complexity index is 2420. The van der Waals surface area contributed by atoms with Crippen molar-refractivity contribution in [3.63, 3.8) is 0 Å². The lowest BCUT2D eigenvalue weighted by Gasteiger charge is -2.26. The number of pyridine rings is 1. The highest BCUT2D eigenvalue weighted by molar-refractivity contribution is 7.21. The zero-order chi connectivity index (χ0) is 32.6. The number of nitrogens with zero attached hydrogens (tertiary/aromatic N) is 6. The number of aromatic nitrogens is 4. The zero-order valence-corrected chi connectivity index (χ0v) is 27.0. The van der Waals surface area contributed by atoms with Crippen LogP contribution in [0.15, 0.2) is 157 Å². The highest BCUT2D eigenvalue weighted by Crippen LogP contribution is 2.44. The van der Waals surface area contributed by atoms with Gasteiger partial charge in [0.2, 0.25) is 0 Å². The van der Waals surface area contributed by atoms with Crippen LogP contribution in [-0.2, 0) is 0 Å². The van der Waals surface area contributed by atoms with Crippen LogP contribution >= 0.6 is 11.3 Å². The fourth-order valence-corrected chi connectivity index (χ4v) is 7.26. The van der Waals surface area contributed by atoms with Gasteiger partial charge in [-0.15, -0.1) is 17.0 Å². The molecule has 9 rings (SSSR count). The molecule has 0 fully saturated rings. The van der Waals surface area contributed by atoms with Crippen LogP contribution in [0, 0.1) is 0 Å². The molecule has 0 N–H and O–H groups in total. The molecule has 8 aromatic rings. The fraction of sp³-hybridized carbons (Fsp3) is 0.0238. The van der Waals surface area contributed by atoms with Crippen molar-refractivity contribution in [3.8, 4) is 56.4 Å². The number of hydrogen-bond acceptors (Lipinski definition) is 6. The summed E-state index contributed by atoms with van der Waals surface area (Å²) in [5, 5.41) is 5.90. The summed E-state index contributed by atoms with van der Waals surface area (Å²) < 4.78 is 0. The Morgan fingerprint density at radius 1 is 0.469 bits per heavy atom. The number of fused-ring (bicyclic) bond motifs is 3. The lowest BCUT2D eigenvalue weighted by Crippen LogP contribution is -2.06. The van der Waals surface area contributed by atoms with Gasteiger partial charge in [-0.05, 0) is 40.9 Å². The molecule has 3 aromatic heterocycles. The summed E-state index contributed by atoms with van der Waals surface area (Å²) in [5.41, 5.74) is 10.3. The third kappa shape index (κ3) is 5.56. The first-order valence-corrected chi connectivity index (χ1v) is 16.9. The molecule has 0 aliphatic carbocycles. The summed E-state index contributed by atoms with van der Waals surface area (Å²) in [6.45, 7) is 0.393. The van der Waals surface area contributed by atoms with Crippen LogP contribution in [0.5, 0.6) is 0 Å². The van der Waals surface area contributed by atoms with Gasteiger partial charge < -0.3 is 10.3 Å². The van der Waals surface area contributed by atoms with Crippen LogP contribution in [-0.4, -0.2) is 32.3 Å². The Kier molecular flexibility index (Phi) is 7.29. The molecule has 232 valence electrons. The Morgan fingerprint density at radius 3 is 1.61 bits per heavy atom. The van der Waals surface area contributed by atoms with Gasteiger partial charge in [-0.2, -0.15) is 0 Å². The Balaban J connectivity index is 1.05. The molecule has 0 amide bonds. The molecular formula is C42H27N6S-. The van der Waals surface area contributed by atoms with Crippen molar-refractivity contribution in [2.45, 2.75) is 0 Å². The third-order valence-corrected chi connectivity index (χ3v) is 9.72. The molecule has 1 aliphatic rings. The molecule has 1 aliphatic heterocycles. The first-order chi connectivity index (χ1) is 24.3. The van der Waals surface area contributed by atoms with Gasteiger partial charge in [0.1, 0.15) is 4.83 Å². The summed E-state index contributed by atoms with van der Waals surface area (Å²) in [7, 11) is 0. The van der Waals surface area contributed by atoms with Crippen molar-refractivity contribution < 1.29 is 0 Å². The maximum atomic E-state index is 4.90. The number of benzene rings is 5. The van der Waals surface area contributed by atoms with Gasteiger partial charge in [0.15, 0.2) is 17.5 Å². The fourth-order valence-electron chi connectivity index (χ4n) is 6.14. The normalized spacial score (nSPS) is 12.3. The SMILES string of the molecule is c1ccc(-c2cccc(C3=NC[N-]c4c3sc3ncc(-c5ccc(-c6nc(-c7ccccc7)nc(-c7ccccc7)n6)cc5)cc43)c2)cc1. The molecule has 0 saturated carbocycles. The lowest BCUT2D eigenvalue weighted by atomic mass is 9.99. The first-order valence-electron chi connectivity index (χ1n) is 16.1. The van der Waals surface area contributed by atoms with Crippen LogP contribution in [0.4, 0.5) is 5.69 Å². The summed E-state index contributed by atoms with van der Waals surface area (Å²) in [6.07, 6.45) is 1.94. The predicted molar refractivity (Wildman–Crippen MR) is 200 cm³/mol. The number of thiophene rings is 1. The molecule has 0 saturated heterocycles. The van der Waals surface area contributed by atoms with Gasteiger partial charge in [-0.3, -0.25) is 0 Å². The van der Waals surface area contributed by atoms with E-state index in [1.807, 2.05) is 72.9 Å². The van der Waals surface area contributed by atoms with Gasteiger partial charge in [-0.25, -0.2) is 19.9 Å². The van der Waals surface area contributed by atoms with Crippen LogP contribution in [0.3, 0.4) is 0 Å². The quantitative estimate of drug-likeness (QED) is 0.180. The third-order valence-electron chi connectivity index (χ3n) is 8.61. The second kappa shape index (κ2) is 12.4. The second-order valence-electron chi connectivity index (χ2n) is 11.7. The van der Waals surface area contributed by atoms with E-state index >= 15 is 0 Å². The minimum atomic E-state index is 0.393. The van der Waals surface area contributed by atoms with Crippen molar-refractivity contribution in [1.29, 1.82) is 0 Å². The van der Waals surface area contributed by atoms with Gasteiger partial charge in [-0.1, -0.05) is 133 Å². The van der Waals surface area contributed by atoms with Gasteiger partial charge >= 0.3 is 0 Å². The highest BCUT2D eigenvalue weighted by Gasteiger charge is 2.18. The molecule has 49 heavy (non-hydrogen) atoms. The van der Waals surface area contributed by atoms with Gasteiger partial charge in [0, 0.05) is 38.9 Å². The number of hydrogen-bond donors (Lipinski definition) is 0. The van der Waals surface area contributed by atoms with Crippen molar-refractivity contribution >= 4 is 33.0 Å². The van der Waals surface area contributed by atoms with Crippen molar-refractivity contribution in [2.24, 2.45) is 4.99 Å². The number of rotatable bonds is 6. The van der Waals surface area contributed by atoms with E-state index in [1.165, 1.54) is 11.1 Å². The average Bonchev–Trinajstić information content (AvgIpc) is 3.57. The molecule has 6 nitrogen and oxygen atoms in total. The molecule has 4 heterocycles. The van der Waals surface area contributed by atoms with E-state index in [1.54, 1.807) is 11.3 Å². The standard InChI is InChI=1S/C42H27N6S/c1-4-11-27(12-5-1)32-17-10-18-33(23-32)36-38-37(45-26-44-36)35-24-34(25-43-42(35)49-38)28-19-21-31(22-20-28)41-47-39(29-13-6-2-7-14-29)46-40(48-41)30-15-8-3-9-16-30/h1-25H,26H2/q-1. The smallest absolute Gasteiger partial charge is 0.164 e.